The number of hydrogen-bond acceptors (Lipinski definition) is 5. The fraction of sp³-hybridized carbons (Fsp3) is 0.727. The SMILES string of the molecule is CCNC(=O)c1noc(C2CCC(N)CC2)n1. The normalized spacial score (nSPS) is 24.6. The first kappa shape index (κ1) is 12.0. The Morgan fingerprint density at radius 3 is 2.82 bits per heavy atom. The average Bonchev–Trinajstić information content (AvgIpc) is 2.80. The molecule has 1 amide bonds. The van der Waals surface area contributed by atoms with Gasteiger partial charge in [0.2, 0.25) is 5.89 Å². The van der Waals surface area contributed by atoms with Gasteiger partial charge >= 0.3 is 0 Å². The molecule has 0 bridgehead atoms. The molecule has 0 saturated heterocycles. The molecular weight excluding hydrogens is 220 g/mol. The third-order valence-corrected chi connectivity index (χ3v) is 3.10. The van der Waals surface area contributed by atoms with Gasteiger partial charge in [-0.25, -0.2) is 0 Å². The van der Waals surface area contributed by atoms with Gasteiger partial charge in [0, 0.05) is 18.5 Å². The van der Waals surface area contributed by atoms with Crippen LogP contribution in [-0.2, 0) is 0 Å². The first-order chi connectivity index (χ1) is 8.20. The van der Waals surface area contributed by atoms with E-state index < -0.39 is 0 Å². The van der Waals surface area contributed by atoms with E-state index in [1.807, 2.05) is 6.92 Å². The summed E-state index contributed by atoms with van der Waals surface area (Å²) in [5, 5.41) is 6.34. The topological polar surface area (TPSA) is 94.0 Å². The molecule has 3 N–H and O–H groups in total. The molecule has 94 valence electrons. The second-order valence-electron chi connectivity index (χ2n) is 4.43. The molecule has 17 heavy (non-hydrogen) atoms. The fourth-order valence-corrected chi connectivity index (χ4v) is 2.10. The van der Waals surface area contributed by atoms with Crippen molar-refractivity contribution in [2.24, 2.45) is 5.73 Å². The van der Waals surface area contributed by atoms with Crippen molar-refractivity contribution in [2.45, 2.75) is 44.6 Å². The van der Waals surface area contributed by atoms with E-state index in [0.717, 1.165) is 25.7 Å². The van der Waals surface area contributed by atoms with Crippen molar-refractivity contribution in [3.63, 3.8) is 0 Å². The molecule has 1 aliphatic carbocycles. The average molecular weight is 238 g/mol. The predicted molar refractivity (Wildman–Crippen MR) is 61.5 cm³/mol. The smallest absolute Gasteiger partial charge is 0.292 e. The first-order valence-electron chi connectivity index (χ1n) is 6.08. The van der Waals surface area contributed by atoms with Crippen LogP contribution in [0.15, 0.2) is 4.52 Å². The van der Waals surface area contributed by atoms with E-state index in [4.69, 9.17) is 10.3 Å². The van der Waals surface area contributed by atoms with Crippen LogP contribution in [0.2, 0.25) is 0 Å². The minimum absolute atomic E-state index is 0.122. The Morgan fingerprint density at radius 1 is 1.47 bits per heavy atom. The standard InChI is InChI=1S/C11H18N4O2/c1-2-13-10(16)9-14-11(17-15-9)7-3-5-8(12)6-4-7/h7-8H,2-6,12H2,1H3,(H,13,16). The number of amides is 1. The van der Waals surface area contributed by atoms with Crippen LogP contribution in [0.3, 0.4) is 0 Å². The van der Waals surface area contributed by atoms with E-state index in [1.54, 1.807) is 0 Å². The molecule has 0 aliphatic heterocycles. The number of nitrogens with one attached hydrogen (secondary N) is 1. The van der Waals surface area contributed by atoms with Gasteiger partial charge in [-0.15, -0.1) is 0 Å². The highest BCUT2D eigenvalue weighted by Crippen LogP contribution is 2.30. The van der Waals surface area contributed by atoms with Crippen molar-refractivity contribution in [1.29, 1.82) is 0 Å². The molecule has 0 spiro atoms. The molecule has 0 atom stereocenters. The van der Waals surface area contributed by atoms with Crippen molar-refractivity contribution in [1.82, 2.24) is 15.5 Å². The Morgan fingerprint density at radius 2 is 2.18 bits per heavy atom. The van der Waals surface area contributed by atoms with Crippen molar-refractivity contribution < 1.29 is 9.32 Å². The number of aromatic nitrogens is 2. The number of carbonyl (C=O) groups excluding carboxylic acids is 1. The molecule has 6 nitrogen and oxygen atoms in total. The van der Waals surface area contributed by atoms with Crippen molar-refractivity contribution in [3.05, 3.63) is 11.7 Å². The van der Waals surface area contributed by atoms with Gasteiger partial charge in [-0.2, -0.15) is 4.98 Å². The zero-order valence-electron chi connectivity index (χ0n) is 9.98. The molecule has 0 unspecified atom stereocenters. The van der Waals surface area contributed by atoms with E-state index in [-0.39, 0.29) is 23.7 Å². The van der Waals surface area contributed by atoms with Gasteiger partial charge < -0.3 is 15.6 Å². The van der Waals surface area contributed by atoms with Crippen LogP contribution in [0.25, 0.3) is 0 Å². The van der Waals surface area contributed by atoms with Gasteiger partial charge in [0.1, 0.15) is 0 Å². The fourth-order valence-electron chi connectivity index (χ4n) is 2.10. The quantitative estimate of drug-likeness (QED) is 0.812. The highest BCUT2D eigenvalue weighted by atomic mass is 16.5. The summed E-state index contributed by atoms with van der Waals surface area (Å²) in [7, 11) is 0. The third kappa shape index (κ3) is 2.82. The molecule has 1 aliphatic rings. The van der Waals surface area contributed by atoms with Crippen LogP contribution >= 0.6 is 0 Å². The summed E-state index contributed by atoms with van der Waals surface area (Å²) in [5.41, 5.74) is 5.84. The van der Waals surface area contributed by atoms with Gasteiger partial charge in [-0.3, -0.25) is 4.79 Å². The molecule has 6 heteroatoms. The monoisotopic (exact) mass is 238 g/mol. The number of hydrogen-bond donors (Lipinski definition) is 2. The van der Waals surface area contributed by atoms with Gasteiger partial charge in [0.25, 0.3) is 11.7 Å². The van der Waals surface area contributed by atoms with Gasteiger partial charge in [-0.05, 0) is 32.6 Å². The minimum atomic E-state index is -0.282. The Kier molecular flexibility index (Phi) is 3.73. The van der Waals surface area contributed by atoms with Gasteiger partial charge in [-0.1, -0.05) is 5.16 Å². The van der Waals surface area contributed by atoms with E-state index >= 15 is 0 Å². The highest BCUT2D eigenvalue weighted by Gasteiger charge is 2.25. The lowest BCUT2D eigenvalue weighted by Gasteiger charge is -2.22. The van der Waals surface area contributed by atoms with E-state index in [2.05, 4.69) is 15.5 Å². The number of rotatable bonds is 3. The van der Waals surface area contributed by atoms with Gasteiger partial charge in [0.15, 0.2) is 0 Å². The lowest BCUT2D eigenvalue weighted by atomic mass is 9.86. The Bertz CT molecular complexity index is 383. The van der Waals surface area contributed by atoms with Crippen LogP contribution in [0.4, 0.5) is 0 Å². The lowest BCUT2D eigenvalue weighted by Crippen LogP contribution is -2.26. The minimum Gasteiger partial charge on any atom is -0.349 e. The van der Waals surface area contributed by atoms with Crippen molar-refractivity contribution in [2.75, 3.05) is 6.54 Å². The van der Waals surface area contributed by atoms with Crippen LogP contribution in [0, 0.1) is 0 Å². The van der Waals surface area contributed by atoms with Crippen molar-refractivity contribution >= 4 is 5.91 Å². The summed E-state index contributed by atoms with van der Waals surface area (Å²) in [6.07, 6.45) is 3.86. The summed E-state index contributed by atoms with van der Waals surface area (Å²) in [5.74, 6) is 0.662. The molecule has 1 aromatic heterocycles. The molecule has 0 aromatic carbocycles. The highest BCUT2D eigenvalue weighted by molar-refractivity contribution is 5.90. The molecule has 0 radical (unpaired) electrons. The summed E-state index contributed by atoms with van der Waals surface area (Å²) in [4.78, 5) is 15.6. The largest absolute Gasteiger partial charge is 0.349 e. The second-order valence-corrected chi connectivity index (χ2v) is 4.43. The van der Waals surface area contributed by atoms with Crippen LogP contribution in [0.5, 0.6) is 0 Å². The van der Waals surface area contributed by atoms with Crippen LogP contribution in [0.1, 0.15) is 55.0 Å². The maximum atomic E-state index is 11.5. The van der Waals surface area contributed by atoms with E-state index in [0.29, 0.717) is 12.4 Å². The Labute approximate surface area is 99.9 Å². The zero-order valence-corrected chi connectivity index (χ0v) is 9.98. The predicted octanol–water partition coefficient (Wildman–Crippen LogP) is 0.804. The number of carbonyl (C=O) groups is 1. The zero-order chi connectivity index (χ0) is 12.3. The Hall–Kier alpha value is -1.43. The van der Waals surface area contributed by atoms with Gasteiger partial charge in [0.05, 0.1) is 0 Å². The number of nitrogens with two attached hydrogens (primary N) is 1. The summed E-state index contributed by atoms with van der Waals surface area (Å²) < 4.78 is 5.14. The van der Waals surface area contributed by atoms with Crippen molar-refractivity contribution in [3.8, 4) is 0 Å². The van der Waals surface area contributed by atoms with Crippen LogP contribution in [-0.4, -0.2) is 28.6 Å². The molecular formula is C11H18N4O2. The summed E-state index contributed by atoms with van der Waals surface area (Å²) >= 11 is 0. The number of nitrogens with zero attached hydrogens (tertiary/aromatic N) is 2. The second kappa shape index (κ2) is 5.27. The summed E-state index contributed by atoms with van der Waals surface area (Å²) in [6.45, 7) is 2.41. The third-order valence-electron chi connectivity index (χ3n) is 3.10. The summed E-state index contributed by atoms with van der Waals surface area (Å²) in [6, 6.07) is 0.289. The molecule has 1 heterocycles. The maximum absolute atomic E-state index is 11.5. The van der Waals surface area contributed by atoms with Crippen LogP contribution < -0.4 is 11.1 Å². The molecule has 1 fully saturated rings. The lowest BCUT2D eigenvalue weighted by molar-refractivity contribution is 0.0942. The first-order valence-corrected chi connectivity index (χ1v) is 6.08. The Balaban J connectivity index is 2.00. The van der Waals surface area contributed by atoms with E-state index in [1.165, 1.54) is 0 Å². The maximum Gasteiger partial charge on any atom is 0.292 e. The molecule has 1 aromatic rings. The molecule has 1 saturated carbocycles. The van der Waals surface area contributed by atoms with E-state index in [9.17, 15) is 4.79 Å². The molecule has 2 rings (SSSR count).